The lowest BCUT2D eigenvalue weighted by atomic mass is 10.0. The summed E-state index contributed by atoms with van der Waals surface area (Å²) >= 11 is 0. The maximum absolute atomic E-state index is 14.1. The standard InChI is InChI=1S/C21H30F2N4O2/c1-3-25(4-2)11-10-24-19(28)18-12-21(22,23)15-27(18)17-13-26(14-17)20(29)16-8-6-5-7-9-16/h5-9,17-18H,3-4,10-15H2,1-2H3,(H,24,28)/t18-/m0/s1. The fourth-order valence-electron chi connectivity index (χ4n) is 4.06. The molecular formula is C21H30F2N4O2. The molecule has 1 aromatic rings. The second-order valence-corrected chi connectivity index (χ2v) is 7.80. The fourth-order valence-corrected chi connectivity index (χ4v) is 4.06. The number of hydrogen-bond acceptors (Lipinski definition) is 4. The number of hydrogen-bond donors (Lipinski definition) is 1. The summed E-state index contributed by atoms with van der Waals surface area (Å²) in [6, 6.07) is 7.85. The summed E-state index contributed by atoms with van der Waals surface area (Å²) in [4.78, 5) is 30.5. The van der Waals surface area contributed by atoms with Crippen molar-refractivity contribution in [1.29, 1.82) is 0 Å². The van der Waals surface area contributed by atoms with Crippen LogP contribution in [0.1, 0.15) is 30.6 Å². The van der Waals surface area contributed by atoms with Crippen LogP contribution in [0.25, 0.3) is 0 Å². The molecule has 1 N–H and O–H groups in total. The van der Waals surface area contributed by atoms with Crippen LogP contribution >= 0.6 is 0 Å². The number of carbonyl (C=O) groups excluding carboxylic acids is 2. The summed E-state index contributed by atoms with van der Waals surface area (Å²) in [5.41, 5.74) is 0.586. The number of rotatable bonds is 8. The largest absolute Gasteiger partial charge is 0.353 e. The van der Waals surface area contributed by atoms with Crippen LogP contribution in [0.2, 0.25) is 0 Å². The van der Waals surface area contributed by atoms with Gasteiger partial charge in [0.25, 0.3) is 11.8 Å². The molecule has 0 bridgehead atoms. The number of carbonyl (C=O) groups is 2. The smallest absolute Gasteiger partial charge is 0.262 e. The number of nitrogens with zero attached hydrogens (tertiary/aromatic N) is 3. The molecule has 2 aliphatic heterocycles. The van der Waals surface area contributed by atoms with Gasteiger partial charge in [-0.05, 0) is 25.2 Å². The molecule has 1 atom stereocenters. The van der Waals surface area contributed by atoms with Gasteiger partial charge in [-0.2, -0.15) is 0 Å². The van der Waals surface area contributed by atoms with E-state index in [0.717, 1.165) is 13.1 Å². The monoisotopic (exact) mass is 408 g/mol. The van der Waals surface area contributed by atoms with Crippen molar-refractivity contribution in [1.82, 2.24) is 20.0 Å². The van der Waals surface area contributed by atoms with E-state index in [4.69, 9.17) is 0 Å². The lowest BCUT2D eigenvalue weighted by molar-refractivity contribution is -0.127. The molecular weight excluding hydrogens is 378 g/mol. The molecule has 1 aromatic carbocycles. The van der Waals surface area contributed by atoms with Gasteiger partial charge in [-0.25, -0.2) is 8.78 Å². The minimum Gasteiger partial charge on any atom is -0.353 e. The molecule has 2 saturated heterocycles. The Morgan fingerprint density at radius 2 is 1.83 bits per heavy atom. The van der Waals surface area contributed by atoms with E-state index in [9.17, 15) is 18.4 Å². The summed E-state index contributed by atoms with van der Waals surface area (Å²) in [5.74, 6) is -3.33. The van der Waals surface area contributed by atoms with Crippen LogP contribution in [-0.4, -0.2) is 90.3 Å². The molecule has 29 heavy (non-hydrogen) atoms. The quantitative estimate of drug-likeness (QED) is 0.711. The SMILES string of the molecule is CCN(CC)CCNC(=O)[C@@H]1CC(F)(F)CN1C1CN(C(=O)c2ccccc2)C1. The first-order valence-corrected chi connectivity index (χ1v) is 10.3. The van der Waals surface area contributed by atoms with Gasteiger partial charge in [0.1, 0.15) is 0 Å². The molecule has 0 spiro atoms. The van der Waals surface area contributed by atoms with E-state index in [0.29, 0.717) is 31.7 Å². The normalized spacial score (nSPS) is 22.0. The van der Waals surface area contributed by atoms with Crippen molar-refractivity contribution >= 4 is 11.8 Å². The average Bonchev–Trinajstić information content (AvgIpc) is 2.99. The van der Waals surface area contributed by atoms with Crippen molar-refractivity contribution < 1.29 is 18.4 Å². The zero-order valence-corrected chi connectivity index (χ0v) is 17.1. The highest BCUT2D eigenvalue weighted by atomic mass is 19.3. The Morgan fingerprint density at radius 3 is 2.45 bits per heavy atom. The molecule has 0 saturated carbocycles. The summed E-state index contributed by atoms with van der Waals surface area (Å²) in [6.45, 7) is 7.30. The van der Waals surface area contributed by atoms with Crippen LogP contribution in [-0.2, 0) is 4.79 Å². The van der Waals surface area contributed by atoms with Gasteiger partial charge in [0, 0.05) is 44.2 Å². The van der Waals surface area contributed by atoms with Gasteiger partial charge in [0.15, 0.2) is 0 Å². The number of benzene rings is 1. The van der Waals surface area contributed by atoms with E-state index in [-0.39, 0.29) is 17.9 Å². The summed E-state index contributed by atoms with van der Waals surface area (Å²) in [5, 5.41) is 2.82. The van der Waals surface area contributed by atoms with Crippen molar-refractivity contribution in [2.75, 3.05) is 45.8 Å². The highest BCUT2D eigenvalue weighted by Gasteiger charge is 2.52. The van der Waals surface area contributed by atoms with E-state index in [2.05, 4.69) is 10.2 Å². The summed E-state index contributed by atoms with van der Waals surface area (Å²) in [6.07, 6.45) is -0.465. The van der Waals surface area contributed by atoms with Crippen molar-refractivity contribution in [3.05, 3.63) is 35.9 Å². The van der Waals surface area contributed by atoms with E-state index >= 15 is 0 Å². The van der Waals surface area contributed by atoms with Crippen LogP contribution < -0.4 is 5.32 Å². The van der Waals surface area contributed by atoms with Crippen molar-refractivity contribution in [3.8, 4) is 0 Å². The number of alkyl halides is 2. The van der Waals surface area contributed by atoms with Gasteiger partial charge in [0.05, 0.1) is 12.6 Å². The molecule has 2 fully saturated rings. The van der Waals surface area contributed by atoms with Crippen LogP contribution in [0.15, 0.2) is 30.3 Å². The molecule has 2 heterocycles. The lowest BCUT2D eigenvalue weighted by Crippen LogP contribution is -2.63. The average molecular weight is 408 g/mol. The molecule has 2 amide bonds. The molecule has 160 valence electrons. The van der Waals surface area contributed by atoms with Crippen molar-refractivity contribution in [2.24, 2.45) is 0 Å². The number of likely N-dealkylation sites (N-methyl/N-ethyl adjacent to an activating group) is 1. The molecule has 0 unspecified atom stereocenters. The third-order valence-electron chi connectivity index (χ3n) is 5.87. The highest BCUT2D eigenvalue weighted by molar-refractivity contribution is 5.94. The van der Waals surface area contributed by atoms with E-state index in [1.54, 1.807) is 34.1 Å². The Hall–Kier alpha value is -2.06. The van der Waals surface area contributed by atoms with Crippen LogP contribution in [0, 0.1) is 0 Å². The molecule has 0 aromatic heterocycles. The first-order chi connectivity index (χ1) is 13.8. The maximum Gasteiger partial charge on any atom is 0.262 e. The Balaban J connectivity index is 1.55. The third kappa shape index (κ3) is 5.11. The van der Waals surface area contributed by atoms with Crippen LogP contribution in [0.5, 0.6) is 0 Å². The van der Waals surface area contributed by atoms with Crippen molar-refractivity contribution in [2.45, 2.75) is 38.3 Å². The molecule has 0 radical (unpaired) electrons. The second kappa shape index (κ2) is 9.17. The zero-order chi connectivity index (χ0) is 21.0. The molecule has 6 nitrogen and oxygen atoms in total. The second-order valence-electron chi connectivity index (χ2n) is 7.80. The number of nitrogens with one attached hydrogen (secondary N) is 1. The lowest BCUT2D eigenvalue weighted by Gasteiger charge is -2.45. The Bertz CT molecular complexity index is 706. The molecule has 8 heteroatoms. The Kier molecular flexibility index (Phi) is 6.85. The Morgan fingerprint density at radius 1 is 1.17 bits per heavy atom. The van der Waals surface area contributed by atoms with Gasteiger partial charge in [-0.1, -0.05) is 32.0 Å². The maximum atomic E-state index is 14.1. The van der Waals surface area contributed by atoms with Gasteiger partial charge < -0.3 is 15.1 Å². The third-order valence-corrected chi connectivity index (χ3v) is 5.87. The zero-order valence-electron chi connectivity index (χ0n) is 17.1. The minimum atomic E-state index is -2.88. The molecule has 0 aliphatic carbocycles. The van der Waals surface area contributed by atoms with Gasteiger partial charge >= 0.3 is 0 Å². The summed E-state index contributed by atoms with van der Waals surface area (Å²) in [7, 11) is 0. The number of halogens is 2. The first kappa shape index (κ1) is 21.6. The molecule has 3 rings (SSSR count). The highest BCUT2D eigenvalue weighted by Crippen LogP contribution is 2.35. The Labute approximate surface area is 170 Å². The van der Waals surface area contributed by atoms with Gasteiger partial charge in [0.2, 0.25) is 5.91 Å². The van der Waals surface area contributed by atoms with Gasteiger partial charge in [-0.3, -0.25) is 14.5 Å². The predicted molar refractivity (Wildman–Crippen MR) is 107 cm³/mol. The van der Waals surface area contributed by atoms with E-state index in [1.807, 2.05) is 19.9 Å². The number of likely N-dealkylation sites (tertiary alicyclic amines) is 2. The van der Waals surface area contributed by atoms with Gasteiger partial charge in [-0.15, -0.1) is 0 Å². The topological polar surface area (TPSA) is 55.9 Å². The predicted octanol–water partition coefficient (Wildman–Crippen LogP) is 1.68. The van der Waals surface area contributed by atoms with E-state index in [1.165, 1.54) is 0 Å². The summed E-state index contributed by atoms with van der Waals surface area (Å²) < 4.78 is 28.2. The minimum absolute atomic E-state index is 0.104. The number of amides is 2. The van der Waals surface area contributed by atoms with Crippen LogP contribution in [0.4, 0.5) is 8.78 Å². The van der Waals surface area contributed by atoms with Crippen molar-refractivity contribution in [3.63, 3.8) is 0 Å². The first-order valence-electron chi connectivity index (χ1n) is 10.3. The molecule has 2 aliphatic rings. The fraction of sp³-hybridized carbons (Fsp3) is 0.619. The van der Waals surface area contributed by atoms with Crippen LogP contribution in [0.3, 0.4) is 0 Å². The van der Waals surface area contributed by atoms with E-state index < -0.39 is 24.9 Å².